The topological polar surface area (TPSA) is 49.7 Å². The van der Waals surface area contributed by atoms with Crippen molar-refractivity contribution in [2.24, 2.45) is 13.0 Å². The molecule has 1 amide bonds. The number of aryl methyl sites for hydroxylation is 1. The first-order valence-corrected chi connectivity index (χ1v) is 8.26. The number of ether oxygens (including phenoxy) is 1. The van der Waals surface area contributed by atoms with Gasteiger partial charge in [0.1, 0.15) is 6.61 Å². The molecule has 1 aromatic heterocycles. The molecular weight excluding hydrogens is 292 g/mol. The van der Waals surface area contributed by atoms with Gasteiger partial charge in [-0.1, -0.05) is 0 Å². The van der Waals surface area contributed by atoms with Gasteiger partial charge in [0, 0.05) is 51.7 Å². The van der Waals surface area contributed by atoms with E-state index >= 15 is 0 Å². The Bertz CT molecular complexity index is 501. The average molecular weight is 322 g/mol. The highest BCUT2D eigenvalue weighted by molar-refractivity contribution is 5.77. The molecule has 1 N–H and O–H groups in total. The van der Waals surface area contributed by atoms with Crippen LogP contribution in [0.3, 0.4) is 0 Å². The van der Waals surface area contributed by atoms with Crippen LogP contribution in [0.15, 0.2) is 18.3 Å². The summed E-state index contributed by atoms with van der Waals surface area (Å²) in [6.45, 7) is 3.95. The molecule has 2 atom stereocenters. The predicted molar refractivity (Wildman–Crippen MR) is 91.2 cm³/mol. The van der Waals surface area contributed by atoms with E-state index in [9.17, 15) is 4.79 Å². The molecule has 6 nitrogen and oxygen atoms in total. The molecule has 2 rings (SSSR count). The molecule has 1 aliphatic rings. The summed E-state index contributed by atoms with van der Waals surface area (Å²) in [4.78, 5) is 16.4. The summed E-state index contributed by atoms with van der Waals surface area (Å²) >= 11 is 0. The zero-order valence-electron chi connectivity index (χ0n) is 14.8. The number of likely N-dealkylation sites (tertiary alicyclic amines) is 1. The molecule has 1 aromatic rings. The Hall–Kier alpha value is -1.37. The van der Waals surface area contributed by atoms with Gasteiger partial charge in [-0.25, -0.2) is 0 Å². The Balaban J connectivity index is 1.89. The number of nitrogens with zero attached hydrogens (tertiary/aromatic N) is 3. The first-order valence-electron chi connectivity index (χ1n) is 8.26. The van der Waals surface area contributed by atoms with Crippen molar-refractivity contribution in [3.8, 4) is 0 Å². The van der Waals surface area contributed by atoms with Crippen molar-refractivity contribution in [1.29, 1.82) is 0 Å². The molecule has 1 aliphatic heterocycles. The number of carbonyl (C=O) groups is 1. The Morgan fingerprint density at radius 1 is 1.48 bits per heavy atom. The summed E-state index contributed by atoms with van der Waals surface area (Å²) in [6.07, 6.45) is 3.19. The van der Waals surface area contributed by atoms with E-state index in [2.05, 4.69) is 59.2 Å². The maximum Gasteiger partial charge on any atom is 0.245 e. The van der Waals surface area contributed by atoms with E-state index in [4.69, 9.17) is 4.74 Å². The van der Waals surface area contributed by atoms with Crippen LogP contribution in [-0.2, 0) is 23.1 Å². The second-order valence-electron chi connectivity index (χ2n) is 6.66. The summed E-state index contributed by atoms with van der Waals surface area (Å²) < 4.78 is 7.05. The van der Waals surface area contributed by atoms with Crippen molar-refractivity contribution in [3.05, 3.63) is 24.0 Å². The van der Waals surface area contributed by atoms with Gasteiger partial charge in [-0.15, -0.1) is 0 Å². The van der Waals surface area contributed by atoms with Gasteiger partial charge in [0.25, 0.3) is 0 Å². The second kappa shape index (κ2) is 8.47. The van der Waals surface area contributed by atoms with E-state index < -0.39 is 0 Å². The van der Waals surface area contributed by atoms with Crippen LogP contribution < -0.4 is 5.32 Å². The van der Waals surface area contributed by atoms with E-state index in [1.807, 2.05) is 0 Å². The normalized spacial score (nSPS) is 22.5. The summed E-state index contributed by atoms with van der Waals surface area (Å²) in [6, 6.07) is 4.73. The van der Waals surface area contributed by atoms with Crippen LogP contribution in [0.1, 0.15) is 12.1 Å². The number of hydrogen-bond acceptors (Lipinski definition) is 4. The average Bonchev–Trinajstić information content (AvgIpc) is 2.91. The first kappa shape index (κ1) is 18.0. The third kappa shape index (κ3) is 5.06. The lowest BCUT2D eigenvalue weighted by Crippen LogP contribution is -2.53. The van der Waals surface area contributed by atoms with Gasteiger partial charge < -0.3 is 19.5 Å². The van der Waals surface area contributed by atoms with Crippen molar-refractivity contribution >= 4 is 5.91 Å². The molecule has 0 radical (unpaired) electrons. The Labute approximate surface area is 139 Å². The third-order valence-corrected chi connectivity index (χ3v) is 4.74. The van der Waals surface area contributed by atoms with Crippen LogP contribution in [0.2, 0.25) is 0 Å². The quantitative estimate of drug-likeness (QED) is 0.796. The molecule has 23 heavy (non-hydrogen) atoms. The highest BCUT2D eigenvalue weighted by Crippen LogP contribution is 2.22. The summed E-state index contributed by atoms with van der Waals surface area (Å²) in [7, 11) is 7.89. The zero-order valence-corrected chi connectivity index (χ0v) is 14.8. The van der Waals surface area contributed by atoms with Gasteiger partial charge in [-0.05, 0) is 45.1 Å². The monoisotopic (exact) mass is 322 g/mol. The fourth-order valence-corrected chi connectivity index (χ4v) is 3.33. The fraction of sp³-hybridized carbons (Fsp3) is 0.706. The van der Waals surface area contributed by atoms with Crippen LogP contribution in [-0.4, -0.2) is 73.8 Å². The maximum absolute atomic E-state index is 11.6. The second-order valence-corrected chi connectivity index (χ2v) is 6.66. The Morgan fingerprint density at radius 2 is 2.26 bits per heavy atom. The van der Waals surface area contributed by atoms with Crippen LogP contribution in [0.25, 0.3) is 0 Å². The SMILES string of the molecule is COCC(=O)NC[C@H]1CCN(Cc2cccn2C)C[C@H]1N(C)C. The molecule has 0 spiro atoms. The van der Waals surface area contributed by atoms with Gasteiger partial charge in [0.2, 0.25) is 5.91 Å². The highest BCUT2D eigenvalue weighted by atomic mass is 16.5. The van der Waals surface area contributed by atoms with Crippen molar-refractivity contribution in [2.75, 3.05) is 47.4 Å². The van der Waals surface area contributed by atoms with E-state index in [-0.39, 0.29) is 12.5 Å². The number of aromatic nitrogens is 1. The lowest BCUT2D eigenvalue weighted by atomic mass is 9.90. The van der Waals surface area contributed by atoms with E-state index in [1.54, 1.807) is 7.11 Å². The van der Waals surface area contributed by atoms with Crippen molar-refractivity contribution in [3.63, 3.8) is 0 Å². The highest BCUT2D eigenvalue weighted by Gasteiger charge is 2.31. The molecule has 0 unspecified atom stereocenters. The molecule has 1 saturated heterocycles. The van der Waals surface area contributed by atoms with E-state index in [1.165, 1.54) is 5.69 Å². The van der Waals surface area contributed by atoms with Gasteiger partial charge in [-0.3, -0.25) is 9.69 Å². The molecule has 0 aliphatic carbocycles. The Kier molecular flexibility index (Phi) is 6.62. The number of amides is 1. The van der Waals surface area contributed by atoms with Crippen LogP contribution in [0.4, 0.5) is 0 Å². The molecule has 130 valence electrons. The third-order valence-electron chi connectivity index (χ3n) is 4.74. The summed E-state index contributed by atoms with van der Waals surface area (Å²) in [5.41, 5.74) is 1.34. The molecule has 2 heterocycles. The summed E-state index contributed by atoms with van der Waals surface area (Å²) in [5, 5.41) is 2.99. The van der Waals surface area contributed by atoms with Gasteiger partial charge in [-0.2, -0.15) is 0 Å². The van der Waals surface area contributed by atoms with E-state index in [0.29, 0.717) is 12.0 Å². The number of carbonyl (C=O) groups excluding carboxylic acids is 1. The van der Waals surface area contributed by atoms with Crippen LogP contribution in [0, 0.1) is 5.92 Å². The minimum Gasteiger partial charge on any atom is -0.375 e. The van der Waals surface area contributed by atoms with Crippen LogP contribution >= 0.6 is 0 Å². The summed E-state index contributed by atoms with van der Waals surface area (Å²) in [5.74, 6) is 0.451. The molecular formula is C17H30N4O2. The zero-order chi connectivity index (χ0) is 16.8. The lowest BCUT2D eigenvalue weighted by Gasteiger charge is -2.42. The predicted octanol–water partition coefficient (Wildman–Crippen LogP) is 0.540. The van der Waals surface area contributed by atoms with Gasteiger partial charge in [0.05, 0.1) is 0 Å². The number of nitrogens with one attached hydrogen (secondary N) is 1. The smallest absolute Gasteiger partial charge is 0.245 e. The van der Waals surface area contributed by atoms with Gasteiger partial charge in [0.15, 0.2) is 0 Å². The van der Waals surface area contributed by atoms with Gasteiger partial charge >= 0.3 is 0 Å². The lowest BCUT2D eigenvalue weighted by molar-refractivity contribution is -0.125. The molecule has 1 fully saturated rings. The number of methoxy groups -OCH3 is 1. The van der Waals surface area contributed by atoms with Crippen molar-refractivity contribution < 1.29 is 9.53 Å². The number of rotatable bonds is 7. The molecule has 0 saturated carbocycles. The number of hydrogen-bond donors (Lipinski definition) is 1. The maximum atomic E-state index is 11.6. The molecule has 0 aromatic carbocycles. The molecule has 0 bridgehead atoms. The van der Waals surface area contributed by atoms with E-state index in [0.717, 1.165) is 32.6 Å². The number of likely N-dealkylation sites (N-methyl/N-ethyl adjacent to an activating group) is 1. The number of piperidine rings is 1. The Morgan fingerprint density at radius 3 is 2.87 bits per heavy atom. The van der Waals surface area contributed by atoms with Crippen LogP contribution in [0.5, 0.6) is 0 Å². The van der Waals surface area contributed by atoms with Crippen molar-refractivity contribution in [2.45, 2.75) is 19.0 Å². The standard InChI is InChI=1S/C17H30N4O2/c1-19(2)16-12-21(11-15-6-5-8-20(15)3)9-7-14(16)10-18-17(22)13-23-4/h5-6,8,14,16H,7,9-13H2,1-4H3,(H,18,22)/t14-,16-/m1/s1. The minimum absolute atomic E-state index is 0.0313. The van der Waals surface area contributed by atoms with Crippen molar-refractivity contribution in [1.82, 2.24) is 19.7 Å². The fourth-order valence-electron chi connectivity index (χ4n) is 3.33. The largest absolute Gasteiger partial charge is 0.375 e. The minimum atomic E-state index is -0.0313. The molecule has 6 heteroatoms. The first-order chi connectivity index (χ1) is 11.0.